The molecule has 150 valence electrons. The molecule has 1 aromatic heterocycles. The summed E-state index contributed by atoms with van der Waals surface area (Å²) in [6.45, 7) is 9.72. The average Bonchev–Trinajstić information content (AvgIpc) is 3.08. The molecule has 1 amide bonds. The summed E-state index contributed by atoms with van der Waals surface area (Å²) < 4.78 is 31.1. The zero-order valence-corrected chi connectivity index (χ0v) is 17.1. The summed E-state index contributed by atoms with van der Waals surface area (Å²) in [7, 11) is -0.535. The van der Waals surface area contributed by atoms with Gasteiger partial charge in [0.2, 0.25) is 0 Å². The number of hydrogen-bond donors (Lipinski definition) is 1. The molecule has 1 saturated heterocycles. The fourth-order valence-corrected chi connectivity index (χ4v) is 3.37. The van der Waals surface area contributed by atoms with Gasteiger partial charge in [0.1, 0.15) is 17.2 Å². The Morgan fingerprint density at radius 3 is 2.24 bits per heavy atom. The lowest BCUT2D eigenvalue weighted by Gasteiger charge is -2.32. The first-order chi connectivity index (χ1) is 13.6. The molecule has 0 radical (unpaired) electrons. The van der Waals surface area contributed by atoms with E-state index in [0.717, 1.165) is 5.46 Å². The minimum atomic E-state index is -0.535. The Hall–Kier alpha value is -2.64. The molecule has 1 N–H and O–H groups in total. The van der Waals surface area contributed by atoms with Crippen molar-refractivity contribution in [2.45, 2.75) is 45.8 Å². The number of anilines is 1. The SMILES string of the molecule is Cc1oc2ccc(B3OC(C)(C)C(C)(C)O3)cc2c1C(=O)Nc1ccc(F)cc1. The molecule has 2 heterocycles. The number of hydrogen-bond acceptors (Lipinski definition) is 4. The second kappa shape index (κ2) is 6.71. The second-order valence-electron chi connectivity index (χ2n) is 8.34. The first-order valence-electron chi connectivity index (χ1n) is 9.53. The van der Waals surface area contributed by atoms with Crippen molar-refractivity contribution in [1.82, 2.24) is 0 Å². The first kappa shape index (κ1) is 19.7. The van der Waals surface area contributed by atoms with Gasteiger partial charge < -0.3 is 19.0 Å². The van der Waals surface area contributed by atoms with Gasteiger partial charge in [-0.1, -0.05) is 12.1 Å². The molecule has 0 unspecified atom stereocenters. The lowest BCUT2D eigenvalue weighted by Crippen LogP contribution is -2.41. The predicted molar refractivity (Wildman–Crippen MR) is 111 cm³/mol. The van der Waals surface area contributed by atoms with Crippen molar-refractivity contribution in [2.24, 2.45) is 0 Å². The van der Waals surface area contributed by atoms with Crippen molar-refractivity contribution >= 4 is 35.1 Å². The number of halogens is 1. The van der Waals surface area contributed by atoms with Crippen LogP contribution in [0.4, 0.5) is 10.1 Å². The van der Waals surface area contributed by atoms with Crippen molar-refractivity contribution in [3.63, 3.8) is 0 Å². The van der Waals surface area contributed by atoms with E-state index in [4.69, 9.17) is 13.7 Å². The number of nitrogens with one attached hydrogen (secondary N) is 1. The topological polar surface area (TPSA) is 60.7 Å². The summed E-state index contributed by atoms with van der Waals surface area (Å²) in [6, 6.07) is 11.2. The van der Waals surface area contributed by atoms with Crippen molar-refractivity contribution in [2.75, 3.05) is 5.32 Å². The van der Waals surface area contributed by atoms with E-state index in [1.54, 1.807) is 6.92 Å². The predicted octanol–water partition coefficient (Wildman–Crippen LogP) is 4.43. The van der Waals surface area contributed by atoms with Crippen molar-refractivity contribution in [3.8, 4) is 0 Å². The molecule has 0 atom stereocenters. The summed E-state index contributed by atoms with van der Waals surface area (Å²) in [5.41, 5.74) is 1.44. The van der Waals surface area contributed by atoms with Crippen LogP contribution in [0.15, 0.2) is 46.9 Å². The summed E-state index contributed by atoms with van der Waals surface area (Å²) in [6.07, 6.45) is 0. The molecular weight excluding hydrogens is 372 g/mol. The van der Waals surface area contributed by atoms with Gasteiger partial charge in [0.25, 0.3) is 5.91 Å². The van der Waals surface area contributed by atoms with E-state index >= 15 is 0 Å². The standard InChI is InChI=1S/C22H23BFNO4/c1-13-19(20(26)25-16-9-7-15(24)8-10-16)17-12-14(6-11-18(17)27-13)23-28-21(2,3)22(4,5)29-23/h6-12H,1-5H3,(H,25,26). The molecule has 1 fully saturated rings. The number of aryl methyl sites for hydroxylation is 1. The number of furan rings is 1. The molecule has 0 bridgehead atoms. The molecule has 0 spiro atoms. The number of amides is 1. The maximum Gasteiger partial charge on any atom is 0.494 e. The minimum Gasteiger partial charge on any atom is -0.461 e. The van der Waals surface area contributed by atoms with Gasteiger partial charge in [0.15, 0.2) is 0 Å². The fraction of sp³-hybridized carbons (Fsp3) is 0.318. The molecule has 3 aromatic rings. The van der Waals surface area contributed by atoms with Gasteiger partial charge in [0.05, 0.1) is 16.8 Å². The lowest BCUT2D eigenvalue weighted by molar-refractivity contribution is 0.00578. The molecule has 29 heavy (non-hydrogen) atoms. The van der Waals surface area contributed by atoms with Crippen LogP contribution in [0.2, 0.25) is 0 Å². The summed E-state index contributed by atoms with van der Waals surface area (Å²) in [5.74, 6) is -0.176. The van der Waals surface area contributed by atoms with Gasteiger partial charge in [-0.3, -0.25) is 4.79 Å². The quantitative estimate of drug-likeness (QED) is 0.667. The highest BCUT2D eigenvalue weighted by molar-refractivity contribution is 6.62. The summed E-state index contributed by atoms with van der Waals surface area (Å²) in [5, 5.41) is 3.47. The van der Waals surface area contributed by atoms with Gasteiger partial charge in [-0.15, -0.1) is 0 Å². The maximum atomic E-state index is 13.1. The Balaban J connectivity index is 1.68. The van der Waals surface area contributed by atoms with Crippen LogP contribution in [0, 0.1) is 12.7 Å². The molecule has 0 aliphatic carbocycles. The fourth-order valence-electron chi connectivity index (χ4n) is 3.37. The normalized spacial score (nSPS) is 17.7. The van der Waals surface area contributed by atoms with Gasteiger partial charge in [-0.2, -0.15) is 0 Å². The van der Waals surface area contributed by atoms with Crippen LogP contribution in [-0.2, 0) is 9.31 Å². The molecule has 1 aliphatic rings. The van der Waals surface area contributed by atoms with Crippen LogP contribution in [-0.4, -0.2) is 24.2 Å². The molecule has 1 aliphatic heterocycles. The lowest BCUT2D eigenvalue weighted by atomic mass is 9.78. The van der Waals surface area contributed by atoms with Gasteiger partial charge in [-0.05, 0) is 70.4 Å². The highest BCUT2D eigenvalue weighted by atomic mass is 19.1. The van der Waals surface area contributed by atoms with E-state index in [1.165, 1.54) is 24.3 Å². The second-order valence-corrected chi connectivity index (χ2v) is 8.34. The van der Waals surface area contributed by atoms with E-state index < -0.39 is 18.3 Å². The van der Waals surface area contributed by atoms with Crippen LogP contribution < -0.4 is 10.8 Å². The van der Waals surface area contributed by atoms with Crippen LogP contribution >= 0.6 is 0 Å². The third-order valence-electron chi connectivity index (χ3n) is 5.74. The Kier molecular flexibility index (Phi) is 4.55. The zero-order valence-electron chi connectivity index (χ0n) is 17.1. The Morgan fingerprint density at radius 2 is 1.62 bits per heavy atom. The number of fused-ring (bicyclic) bond motifs is 1. The molecular formula is C22H23BFNO4. The van der Waals surface area contributed by atoms with Gasteiger partial charge in [0, 0.05) is 11.1 Å². The van der Waals surface area contributed by atoms with E-state index in [-0.39, 0.29) is 11.7 Å². The molecule has 5 nitrogen and oxygen atoms in total. The van der Waals surface area contributed by atoms with E-state index in [1.807, 2.05) is 45.9 Å². The highest BCUT2D eigenvalue weighted by Gasteiger charge is 2.51. The zero-order chi connectivity index (χ0) is 21.0. The Morgan fingerprint density at radius 1 is 1.00 bits per heavy atom. The smallest absolute Gasteiger partial charge is 0.461 e. The monoisotopic (exact) mass is 395 g/mol. The summed E-state index contributed by atoms with van der Waals surface area (Å²) >= 11 is 0. The van der Waals surface area contributed by atoms with E-state index in [9.17, 15) is 9.18 Å². The van der Waals surface area contributed by atoms with Crippen LogP contribution in [0.3, 0.4) is 0 Å². The van der Waals surface area contributed by atoms with Crippen molar-refractivity contribution < 1.29 is 22.9 Å². The van der Waals surface area contributed by atoms with E-state index in [2.05, 4.69) is 5.32 Å². The van der Waals surface area contributed by atoms with Crippen LogP contribution in [0.5, 0.6) is 0 Å². The molecule has 4 rings (SSSR count). The Bertz CT molecular complexity index is 1070. The third-order valence-corrected chi connectivity index (χ3v) is 5.74. The maximum absolute atomic E-state index is 13.1. The first-order valence-corrected chi connectivity index (χ1v) is 9.53. The van der Waals surface area contributed by atoms with Crippen LogP contribution in [0.1, 0.15) is 43.8 Å². The minimum absolute atomic E-state index is 0.320. The summed E-state index contributed by atoms with van der Waals surface area (Å²) in [4.78, 5) is 12.9. The van der Waals surface area contributed by atoms with Crippen molar-refractivity contribution in [1.29, 1.82) is 0 Å². The van der Waals surface area contributed by atoms with E-state index in [0.29, 0.717) is 28.0 Å². The highest BCUT2D eigenvalue weighted by Crippen LogP contribution is 2.37. The molecule has 0 saturated carbocycles. The third kappa shape index (κ3) is 3.45. The van der Waals surface area contributed by atoms with Crippen molar-refractivity contribution in [3.05, 3.63) is 59.6 Å². The molecule has 7 heteroatoms. The number of benzene rings is 2. The van der Waals surface area contributed by atoms with Gasteiger partial charge in [-0.25, -0.2) is 4.39 Å². The Labute approximate surface area is 169 Å². The van der Waals surface area contributed by atoms with Crippen LogP contribution in [0.25, 0.3) is 11.0 Å². The average molecular weight is 395 g/mol. The number of carbonyl (C=O) groups is 1. The largest absolute Gasteiger partial charge is 0.494 e. The number of rotatable bonds is 3. The molecule has 2 aromatic carbocycles. The number of carbonyl (C=O) groups excluding carboxylic acids is 1. The van der Waals surface area contributed by atoms with Gasteiger partial charge >= 0.3 is 7.12 Å².